The van der Waals surface area contributed by atoms with Crippen LogP contribution in [0, 0.1) is 16.7 Å². The molecule has 3 fully saturated rings. The molecule has 0 radical (unpaired) electrons. The third-order valence-corrected chi connectivity index (χ3v) is 11.9. The molecule has 6 rings (SSSR count). The van der Waals surface area contributed by atoms with Gasteiger partial charge < -0.3 is 20.3 Å². The Morgan fingerprint density at radius 3 is 2.46 bits per heavy atom. The van der Waals surface area contributed by atoms with Crippen molar-refractivity contribution in [2.24, 2.45) is 5.41 Å². The van der Waals surface area contributed by atoms with E-state index in [9.17, 15) is 37.6 Å². The molecule has 0 bridgehead atoms. The first kappa shape index (κ1) is 43.5. The molecule has 3 aliphatic rings. The number of piperidine rings is 2. The van der Waals surface area contributed by atoms with Crippen molar-refractivity contribution in [2.45, 2.75) is 89.5 Å². The van der Waals surface area contributed by atoms with Gasteiger partial charge in [-0.25, -0.2) is 4.98 Å². The van der Waals surface area contributed by atoms with E-state index < -0.39 is 46.3 Å². The molecule has 13 nitrogen and oxygen atoms in total. The summed E-state index contributed by atoms with van der Waals surface area (Å²) in [6, 6.07) is 12.2. The van der Waals surface area contributed by atoms with Crippen molar-refractivity contribution in [1.82, 2.24) is 15.2 Å². The van der Waals surface area contributed by atoms with E-state index in [4.69, 9.17) is 29.0 Å². The fraction of sp³-hybridized carbons (Fsp3) is 0.463. The summed E-state index contributed by atoms with van der Waals surface area (Å²) in [5.41, 5.74) is -1.74. The first-order chi connectivity index (χ1) is 27.8. The molecule has 1 aromatic heterocycles. The largest absolute Gasteiger partial charge is 0.493 e. The zero-order chi connectivity index (χ0) is 42.9. The second-order valence-corrected chi connectivity index (χ2v) is 16.8. The van der Waals surface area contributed by atoms with Crippen molar-refractivity contribution in [3.8, 4) is 11.8 Å². The number of ether oxygens (including phenoxy) is 1. The van der Waals surface area contributed by atoms with E-state index in [0.717, 1.165) is 55.1 Å². The molecule has 3 saturated heterocycles. The molecular weight excluding hydrogens is 809 g/mol. The van der Waals surface area contributed by atoms with Crippen LogP contribution in [0.2, 0.25) is 5.02 Å². The smallest absolute Gasteiger partial charge is 0.419 e. The number of nitriles is 1. The molecule has 2 unspecified atom stereocenters. The summed E-state index contributed by atoms with van der Waals surface area (Å²) < 4.78 is 47.6. The lowest BCUT2D eigenvalue weighted by molar-refractivity contribution is -0.138. The molecule has 0 spiro atoms. The van der Waals surface area contributed by atoms with Crippen LogP contribution < -0.4 is 30.5 Å². The Hall–Kier alpha value is -5.05. The van der Waals surface area contributed by atoms with Gasteiger partial charge in [-0.3, -0.25) is 34.3 Å². The number of imide groups is 1. The van der Waals surface area contributed by atoms with Gasteiger partial charge in [-0.05, 0) is 112 Å². The monoisotopic (exact) mass is 854 g/mol. The molecular formula is C41H46ClF3N8O5S. The summed E-state index contributed by atoms with van der Waals surface area (Å²) in [6.07, 6.45) is -0.0631. The van der Waals surface area contributed by atoms with Crippen LogP contribution in [-0.2, 0) is 31.8 Å². The second kappa shape index (κ2) is 17.3. The summed E-state index contributed by atoms with van der Waals surface area (Å²) in [4.78, 5) is 59.1. The Bertz CT molecular complexity index is 2170. The number of nitrogens with one attached hydrogen (secondary N) is 3. The van der Waals surface area contributed by atoms with E-state index in [1.165, 1.54) is 6.07 Å². The minimum Gasteiger partial charge on any atom is -0.493 e. The Balaban J connectivity index is 1.02. The maximum absolute atomic E-state index is 13.8. The predicted octanol–water partition coefficient (Wildman–Crippen LogP) is 6.76. The zero-order valence-corrected chi connectivity index (χ0v) is 34.7. The number of amides is 4. The van der Waals surface area contributed by atoms with Crippen molar-refractivity contribution in [3.63, 3.8) is 0 Å². The van der Waals surface area contributed by atoms with E-state index in [-0.39, 0.29) is 35.9 Å². The van der Waals surface area contributed by atoms with Gasteiger partial charge in [-0.1, -0.05) is 25.4 Å². The van der Waals surface area contributed by atoms with Gasteiger partial charge in [-0.15, -0.1) is 12.6 Å². The number of pyridine rings is 1. The van der Waals surface area contributed by atoms with Crippen molar-refractivity contribution >= 4 is 70.6 Å². The summed E-state index contributed by atoms with van der Waals surface area (Å²) >= 11 is 11.0. The average Bonchev–Trinajstić information content (AvgIpc) is 3.34. The van der Waals surface area contributed by atoms with Gasteiger partial charge in [0.15, 0.2) is 11.2 Å². The van der Waals surface area contributed by atoms with Gasteiger partial charge in [0.05, 0.1) is 30.6 Å². The number of carbonyl (C=O) groups is 4. The molecule has 0 saturated carbocycles. The molecule has 3 aromatic rings. The SMILES string of the molecule is CCc1cc(N2C(S)N(c3cnc(C#N)c(C(F)(F)F)c3)C(=O)C2(C)C)ccc1OCCC1(C)CCN(CC(=O)Nc2cc(Cl)cc(NC3CCC(=O)NC3=O)c2)CC1. The first-order valence-corrected chi connectivity index (χ1v) is 20.2. The maximum atomic E-state index is 13.8. The molecule has 314 valence electrons. The minimum absolute atomic E-state index is 0.0161. The fourth-order valence-corrected chi connectivity index (χ4v) is 8.62. The van der Waals surface area contributed by atoms with Crippen LogP contribution >= 0.6 is 24.2 Å². The number of hydrogen-bond donors (Lipinski definition) is 4. The Morgan fingerprint density at radius 2 is 1.80 bits per heavy atom. The summed E-state index contributed by atoms with van der Waals surface area (Å²) in [7, 11) is 0. The summed E-state index contributed by atoms with van der Waals surface area (Å²) in [5.74, 6) is -0.697. The molecule has 4 amide bonds. The Morgan fingerprint density at radius 1 is 1.08 bits per heavy atom. The third kappa shape index (κ3) is 9.71. The number of likely N-dealkylation sites (tertiary alicyclic amines) is 1. The fourth-order valence-electron chi connectivity index (χ4n) is 7.73. The highest BCUT2D eigenvalue weighted by molar-refractivity contribution is 7.81. The average molecular weight is 855 g/mol. The lowest BCUT2D eigenvalue weighted by atomic mass is 9.78. The number of rotatable bonds is 12. The van der Waals surface area contributed by atoms with Crippen molar-refractivity contribution < 1.29 is 37.1 Å². The van der Waals surface area contributed by atoms with Crippen LogP contribution in [0.1, 0.15) is 76.6 Å². The molecule has 59 heavy (non-hydrogen) atoms. The zero-order valence-electron chi connectivity index (χ0n) is 33.1. The highest BCUT2D eigenvalue weighted by atomic mass is 35.5. The number of carbonyl (C=O) groups excluding carboxylic acids is 4. The lowest BCUT2D eigenvalue weighted by Gasteiger charge is -2.39. The van der Waals surface area contributed by atoms with E-state index in [2.05, 4.69) is 32.8 Å². The van der Waals surface area contributed by atoms with Crippen LogP contribution in [0.4, 0.5) is 35.9 Å². The van der Waals surface area contributed by atoms with E-state index in [1.54, 1.807) is 43.0 Å². The molecule has 3 aliphatic heterocycles. The predicted molar refractivity (Wildman–Crippen MR) is 220 cm³/mol. The Kier molecular flexibility index (Phi) is 12.7. The third-order valence-electron chi connectivity index (χ3n) is 11.2. The van der Waals surface area contributed by atoms with Gasteiger partial charge >= 0.3 is 6.18 Å². The van der Waals surface area contributed by atoms with Crippen molar-refractivity contribution in [2.75, 3.05) is 46.7 Å². The first-order valence-electron chi connectivity index (χ1n) is 19.3. The molecule has 2 aromatic carbocycles. The number of thiol groups is 1. The van der Waals surface area contributed by atoms with E-state index in [1.807, 2.05) is 19.1 Å². The molecule has 18 heteroatoms. The van der Waals surface area contributed by atoms with Gasteiger partial charge in [0, 0.05) is 28.5 Å². The molecule has 0 aliphatic carbocycles. The number of benzene rings is 2. The van der Waals surface area contributed by atoms with E-state index in [0.29, 0.717) is 47.3 Å². The standard InChI is InChI=1S/C41H46ClF3N8O5S/c1-5-24-16-28(53-38(59)52(37(57)39(53,2)3)29-20-30(41(43,44)45)32(21-46)47-22-29)6-8-33(24)58-15-12-40(4)10-13-51(14-11-40)23-35(55)49-27-18-25(42)17-26(19-27)48-31-7-9-34(54)50-36(31)56/h6,8,16-20,22,31,38,48,59H,5,7,9-15,23H2,1-4H3,(H,49,55)(H,50,54,56). The quantitative estimate of drug-likeness (QED) is 0.113. The van der Waals surface area contributed by atoms with Gasteiger partial charge in [0.25, 0.3) is 5.91 Å². The van der Waals surface area contributed by atoms with Crippen LogP contribution in [0.25, 0.3) is 0 Å². The van der Waals surface area contributed by atoms with E-state index >= 15 is 0 Å². The topological polar surface area (TPSA) is 160 Å². The summed E-state index contributed by atoms with van der Waals surface area (Å²) in [5, 5.41) is 17.9. The van der Waals surface area contributed by atoms with Crippen LogP contribution in [0.3, 0.4) is 0 Å². The van der Waals surface area contributed by atoms with Gasteiger partial charge in [0.1, 0.15) is 23.4 Å². The lowest BCUT2D eigenvalue weighted by Crippen LogP contribution is -2.47. The van der Waals surface area contributed by atoms with Gasteiger partial charge in [-0.2, -0.15) is 18.4 Å². The van der Waals surface area contributed by atoms with Crippen molar-refractivity contribution in [3.05, 3.63) is 70.5 Å². The van der Waals surface area contributed by atoms with Crippen LogP contribution in [0.5, 0.6) is 5.75 Å². The minimum atomic E-state index is -4.84. The highest BCUT2D eigenvalue weighted by Crippen LogP contribution is 2.43. The van der Waals surface area contributed by atoms with Gasteiger partial charge in [0.2, 0.25) is 17.7 Å². The number of nitrogens with zero attached hydrogens (tertiary/aromatic N) is 5. The number of aryl methyl sites for hydroxylation is 1. The van der Waals surface area contributed by atoms with Crippen molar-refractivity contribution in [1.29, 1.82) is 5.26 Å². The van der Waals surface area contributed by atoms with Crippen LogP contribution in [0.15, 0.2) is 48.7 Å². The highest BCUT2D eigenvalue weighted by Gasteiger charge is 2.52. The number of alkyl halides is 3. The Labute approximate surface area is 351 Å². The number of halogens is 4. The number of hydrogen-bond acceptors (Lipinski definition) is 11. The number of aromatic nitrogens is 1. The molecule has 3 N–H and O–H groups in total. The number of anilines is 4. The summed E-state index contributed by atoms with van der Waals surface area (Å²) in [6.45, 7) is 9.64. The maximum Gasteiger partial charge on any atom is 0.419 e. The molecule has 4 heterocycles. The normalized spacial score (nSPS) is 20.6. The second-order valence-electron chi connectivity index (χ2n) is 15.9. The van der Waals surface area contributed by atoms with Crippen LogP contribution in [-0.4, -0.2) is 76.8 Å². The molecule has 2 atom stereocenters.